The second kappa shape index (κ2) is 14.8. The zero-order chi connectivity index (χ0) is 46.0. The van der Waals surface area contributed by atoms with Crippen LogP contribution < -0.4 is 9.80 Å². The van der Waals surface area contributed by atoms with Crippen molar-refractivity contribution in [2.45, 2.75) is 10.8 Å². The predicted molar refractivity (Wildman–Crippen MR) is 288 cm³/mol. The average molecular weight is 889 g/mol. The first-order valence-electron chi connectivity index (χ1n) is 24.4. The number of para-hydroxylation sites is 4. The Balaban J connectivity index is 1.04. The first-order valence-corrected chi connectivity index (χ1v) is 24.4. The number of anilines is 6. The van der Waals surface area contributed by atoms with Crippen molar-refractivity contribution in [3.63, 3.8) is 0 Å². The van der Waals surface area contributed by atoms with Gasteiger partial charge in [-0.1, -0.05) is 218 Å². The molecule has 0 bridgehead atoms. The van der Waals surface area contributed by atoms with Crippen LogP contribution in [0.25, 0.3) is 44.5 Å². The molecule has 326 valence electrons. The van der Waals surface area contributed by atoms with Crippen molar-refractivity contribution in [3.05, 3.63) is 311 Å². The zero-order valence-electron chi connectivity index (χ0n) is 38.3. The standard InChI is InChI=1S/C68H44N2/c1-3-22-45(23-4-1)48-26-11-18-38-62(48)70(65-41-21-37-60-66(65)53-30-10-15-34-57(53)67(60)54-31-12-7-27-49(54)50-28-8-13-32-55(50)67)47-42-43-52-51-29-9-14-33-56(51)68(61(52)44-47)58-35-16-19-39-63(58)69(46-24-5-2-6-25-46)64-40-20-17-36-59(64)68/h1-44H. The van der Waals surface area contributed by atoms with Gasteiger partial charge in [0.2, 0.25) is 0 Å². The van der Waals surface area contributed by atoms with Crippen LogP contribution in [0.2, 0.25) is 0 Å². The van der Waals surface area contributed by atoms with Crippen molar-refractivity contribution < 1.29 is 0 Å². The SMILES string of the molecule is c1ccc(-c2ccccc2N(c2ccc3c(c2)C2(c4ccccc4-3)c3ccccc3N(c3ccccc3)c3ccccc32)c2cccc3c2-c2ccccc2C32c3ccccc3-c3ccccc32)cc1. The van der Waals surface area contributed by atoms with E-state index in [9.17, 15) is 0 Å². The molecule has 0 amide bonds. The molecule has 0 aromatic heterocycles. The van der Waals surface area contributed by atoms with Crippen molar-refractivity contribution in [2.75, 3.05) is 9.80 Å². The lowest BCUT2D eigenvalue weighted by Crippen LogP contribution is -2.36. The summed E-state index contributed by atoms with van der Waals surface area (Å²) in [5, 5.41) is 0. The highest BCUT2D eigenvalue weighted by Crippen LogP contribution is 2.67. The Morgan fingerprint density at radius 1 is 0.271 bits per heavy atom. The zero-order valence-corrected chi connectivity index (χ0v) is 38.3. The van der Waals surface area contributed by atoms with Gasteiger partial charge in [-0.15, -0.1) is 0 Å². The molecule has 0 saturated heterocycles. The molecule has 1 aliphatic heterocycles. The summed E-state index contributed by atoms with van der Waals surface area (Å²) in [5.74, 6) is 0. The highest BCUT2D eigenvalue weighted by molar-refractivity contribution is 6.03. The number of nitrogens with zero attached hydrogens (tertiary/aromatic N) is 2. The topological polar surface area (TPSA) is 6.48 Å². The van der Waals surface area contributed by atoms with Gasteiger partial charge in [0.05, 0.1) is 33.6 Å². The molecular weight excluding hydrogens is 845 g/mol. The lowest BCUT2D eigenvalue weighted by molar-refractivity contribution is 0.752. The molecule has 15 rings (SSSR count). The van der Waals surface area contributed by atoms with Crippen molar-refractivity contribution in [2.24, 2.45) is 0 Å². The van der Waals surface area contributed by atoms with Crippen molar-refractivity contribution in [1.82, 2.24) is 0 Å². The van der Waals surface area contributed by atoms with Crippen LogP contribution in [-0.4, -0.2) is 0 Å². The van der Waals surface area contributed by atoms with Crippen LogP contribution in [0.15, 0.2) is 267 Å². The smallest absolute Gasteiger partial charge is 0.0755 e. The van der Waals surface area contributed by atoms with E-state index in [2.05, 4.69) is 277 Å². The second-order valence-corrected chi connectivity index (χ2v) is 19.0. The Labute approximate surface area is 408 Å². The second-order valence-electron chi connectivity index (χ2n) is 19.0. The van der Waals surface area contributed by atoms with E-state index >= 15 is 0 Å². The number of benzene rings is 11. The van der Waals surface area contributed by atoms with Gasteiger partial charge < -0.3 is 9.80 Å². The molecule has 2 nitrogen and oxygen atoms in total. The lowest BCUT2D eigenvalue weighted by Gasteiger charge is -2.45. The third-order valence-corrected chi connectivity index (χ3v) is 15.9. The molecule has 11 aromatic carbocycles. The summed E-state index contributed by atoms with van der Waals surface area (Å²) in [6, 6.07) is 99.9. The molecule has 4 aliphatic rings. The van der Waals surface area contributed by atoms with E-state index in [-0.39, 0.29) is 0 Å². The van der Waals surface area contributed by atoms with Gasteiger partial charge in [0.15, 0.2) is 0 Å². The molecule has 3 aliphatic carbocycles. The van der Waals surface area contributed by atoms with Gasteiger partial charge in [-0.25, -0.2) is 0 Å². The van der Waals surface area contributed by atoms with Gasteiger partial charge in [0, 0.05) is 22.5 Å². The Kier molecular flexibility index (Phi) is 8.24. The Bertz CT molecular complexity index is 3830. The van der Waals surface area contributed by atoms with Crippen LogP contribution in [0, 0.1) is 0 Å². The molecule has 0 fully saturated rings. The van der Waals surface area contributed by atoms with E-state index in [1.54, 1.807) is 0 Å². The molecule has 1 heterocycles. The maximum absolute atomic E-state index is 2.58. The van der Waals surface area contributed by atoms with E-state index in [0.717, 1.165) is 22.7 Å². The molecule has 0 unspecified atom stereocenters. The molecule has 2 spiro atoms. The molecule has 2 heteroatoms. The minimum absolute atomic E-state index is 0.483. The van der Waals surface area contributed by atoms with Crippen molar-refractivity contribution >= 4 is 34.1 Å². The molecule has 11 aromatic rings. The Hall–Kier alpha value is -8.98. The average Bonchev–Trinajstić information content (AvgIpc) is 4.02. The number of hydrogen-bond acceptors (Lipinski definition) is 2. The number of rotatable bonds is 5. The third kappa shape index (κ3) is 5.02. The highest BCUT2D eigenvalue weighted by Gasteiger charge is 2.54. The predicted octanol–water partition coefficient (Wildman–Crippen LogP) is 17.3. The molecular formula is C68H44N2. The molecule has 0 radical (unpaired) electrons. The van der Waals surface area contributed by atoms with Crippen LogP contribution >= 0.6 is 0 Å². The summed E-state index contributed by atoms with van der Waals surface area (Å²) in [6.45, 7) is 0. The summed E-state index contributed by atoms with van der Waals surface area (Å²) in [6.07, 6.45) is 0. The van der Waals surface area contributed by atoms with Gasteiger partial charge in [-0.05, 0) is 126 Å². The highest BCUT2D eigenvalue weighted by atomic mass is 15.2. The van der Waals surface area contributed by atoms with E-state index in [1.807, 2.05) is 0 Å². The molecule has 0 saturated carbocycles. The van der Waals surface area contributed by atoms with Crippen LogP contribution in [0.3, 0.4) is 0 Å². The summed E-state index contributed by atoms with van der Waals surface area (Å²) in [7, 11) is 0. The van der Waals surface area contributed by atoms with E-state index in [1.165, 1.54) is 100 Å². The summed E-state index contributed by atoms with van der Waals surface area (Å²) in [4.78, 5) is 5.04. The Morgan fingerprint density at radius 2 is 0.686 bits per heavy atom. The largest absolute Gasteiger partial charge is 0.310 e. The summed E-state index contributed by atoms with van der Waals surface area (Å²) < 4.78 is 0. The Morgan fingerprint density at radius 3 is 1.29 bits per heavy atom. The number of fused-ring (bicyclic) bond motifs is 19. The molecule has 0 atom stereocenters. The third-order valence-electron chi connectivity index (χ3n) is 15.9. The first kappa shape index (κ1) is 39.1. The van der Waals surface area contributed by atoms with E-state index in [0.29, 0.717) is 0 Å². The van der Waals surface area contributed by atoms with Gasteiger partial charge in [0.1, 0.15) is 0 Å². The van der Waals surface area contributed by atoms with Gasteiger partial charge >= 0.3 is 0 Å². The van der Waals surface area contributed by atoms with Crippen LogP contribution in [0.5, 0.6) is 0 Å². The fourth-order valence-corrected chi connectivity index (χ4v) is 13.3. The van der Waals surface area contributed by atoms with Gasteiger partial charge in [0.25, 0.3) is 0 Å². The fraction of sp³-hybridized carbons (Fsp3) is 0.0294. The van der Waals surface area contributed by atoms with Crippen molar-refractivity contribution in [1.29, 1.82) is 0 Å². The van der Waals surface area contributed by atoms with Crippen LogP contribution in [0.1, 0.15) is 44.5 Å². The molecule has 0 N–H and O–H groups in total. The first-order chi connectivity index (χ1) is 34.8. The van der Waals surface area contributed by atoms with E-state index < -0.39 is 10.8 Å². The number of hydrogen-bond donors (Lipinski definition) is 0. The monoisotopic (exact) mass is 888 g/mol. The van der Waals surface area contributed by atoms with Gasteiger partial charge in [-0.3, -0.25) is 0 Å². The fourth-order valence-electron chi connectivity index (χ4n) is 13.3. The summed E-state index contributed by atoms with van der Waals surface area (Å²) in [5.41, 5.74) is 26.3. The maximum Gasteiger partial charge on any atom is 0.0755 e. The van der Waals surface area contributed by atoms with Crippen molar-refractivity contribution in [3.8, 4) is 44.5 Å². The van der Waals surface area contributed by atoms with Gasteiger partial charge in [-0.2, -0.15) is 0 Å². The normalized spacial score (nSPS) is 14.2. The minimum atomic E-state index is -0.614. The van der Waals surface area contributed by atoms with Crippen LogP contribution in [0.4, 0.5) is 34.1 Å². The maximum atomic E-state index is 2.58. The van der Waals surface area contributed by atoms with E-state index in [4.69, 9.17) is 0 Å². The van der Waals surface area contributed by atoms with Crippen LogP contribution in [-0.2, 0) is 10.8 Å². The molecule has 70 heavy (non-hydrogen) atoms. The minimum Gasteiger partial charge on any atom is -0.310 e. The quantitative estimate of drug-likeness (QED) is 0.170. The lowest BCUT2D eigenvalue weighted by atomic mass is 9.64. The summed E-state index contributed by atoms with van der Waals surface area (Å²) >= 11 is 0.